The number of carbonyl (C=O) groups is 2. The molecule has 160 valence electrons. The zero-order valence-corrected chi connectivity index (χ0v) is 18.0. The second kappa shape index (κ2) is 8.85. The van der Waals surface area contributed by atoms with E-state index in [0.717, 1.165) is 0 Å². The number of ether oxygens (including phenoxy) is 1. The zero-order valence-electron chi connectivity index (χ0n) is 17.2. The summed E-state index contributed by atoms with van der Waals surface area (Å²) < 4.78 is 32.5. The average Bonchev–Trinajstić information content (AvgIpc) is 2.72. The van der Waals surface area contributed by atoms with Crippen molar-refractivity contribution in [3.05, 3.63) is 48.0 Å². The third-order valence-electron chi connectivity index (χ3n) is 4.91. The highest BCUT2D eigenvalue weighted by molar-refractivity contribution is 7.89. The van der Waals surface area contributed by atoms with Gasteiger partial charge in [-0.05, 0) is 36.8 Å². The lowest BCUT2D eigenvalue weighted by molar-refractivity contribution is -0.123. The molecule has 0 saturated carbocycles. The van der Waals surface area contributed by atoms with Crippen LogP contribution in [0.25, 0.3) is 0 Å². The second-order valence-corrected chi connectivity index (χ2v) is 8.76. The third-order valence-corrected chi connectivity index (χ3v) is 7.10. The van der Waals surface area contributed by atoms with E-state index in [0.29, 0.717) is 35.8 Å². The maximum Gasteiger partial charge on any atom is 0.265 e. The Balaban J connectivity index is 1.81. The summed E-state index contributed by atoms with van der Waals surface area (Å²) in [5.41, 5.74) is 1.47. The Bertz CT molecular complexity index is 1060. The molecule has 2 amide bonds. The Kier molecular flexibility index (Phi) is 6.42. The summed E-state index contributed by atoms with van der Waals surface area (Å²) in [6.45, 7) is 5.64. The zero-order chi connectivity index (χ0) is 21.9. The van der Waals surface area contributed by atoms with Crippen LogP contribution in [0, 0.1) is 6.92 Å². The molecular formula is C21H25N3O5S. The van der Waals surface area contributed by atoms with Crippen LogP contribution >= 0.6 is 0 Å². The molecule has 30 heavy (non-hydrogen) atoms. The van der Waals surface area contributed by atoms with Gasteiger partial charge in [0, 0.05) is 18.8 Å². The number of fused-ring (bicyclic) bond motifs is 1. The second-order valence-electron chi connectivity index (χ2n) is 6.85. The molecule has 0 saturated heterocycles. The third kappa shape index (κ3) is 4.31. The topological polar surface area (TPSA) is 96.0 Å². The molecule has 1 aliphatic rings. The van der Waals surface area contributed by atoms with Crippen LogP contribution in [-0.2, 0) is 19.6 Å². The normalized spacial score (nSPS) is 13.7. The first-order chi connectivity index (χ1) is 14.3. The fourth-order valence-corrected chi connectivity index (χ4v) is 5.04. The monoisotopic (exact) mass is 431 g/mol. The van der Waals surface area contributed by atoms with Crippen molar-refractivity contribution < 1.29 is 22.7 Å². The number of nitrogens with zero attached hydrogens (tertiary/aromatic N) is 2. The largest absolute Gasteiger partial charge is 0.482 e. The van der Waals surface area contributed by atoms with E-state index < -0.39 is 15.9 Å². The first kappa shape index (κ1) is 21.8. The summed E-state index contributed by atoms with van der Waals surface area (Å²) in [7, 11) is -3.67. The first-order valence-corrected chi connectivity index (χ1v) is 11.1. The molecule has 9 heteroatoms. The number of anilines is 2. The summed E-state index contributed by atoms with van der Waals surface area (Å²) >= 11 is 0. The van der Waals surface area contributed by atoms with Crippen LogP contribution < -0.4 is 15.0 Å². The van der Waals surface area contributed by atoms with Crippen molar-refractivity contribution in [2.24, 2.45) is 0 Å². The number of benzene rings is 2. The molecule has 0 unspecified atom stereocenters. The Hall–Kier alpha value is -2.91. The highest BCUT2D eigenvalue weighted by atomic mass is 32.2. The van der Waals surface area contributed by atoms with Crippen LogP contribution in [0.15, 0.2) is 47.4 Å². The number of hydrogen-bond donors (Lipinski definition) is 1. The molecule has 2 aromatic carbocycles. The van der Waals surface area contributed by atoms with E-state index in [1.165, 1.54) is 15.3 Å². The lowest BCUT2D eigenvalue weighted by atomic mass is 10.2. The molecule has 3 rings (SSSR count). The van der Waals surface area contributed by atoms with Crippen LogP contribution in [0.2, 0.25) is 0 Å². The van der Waals surface area contributed by atoms with Crippen molar-refractivity contribution in [2.45, 2.75) is 25.7 Å². The van der Waals surface area contributed by atoms with Gasteiger partial charge in [-0.15, -0.1) is 0 Å². The number of nitrogens with one attached hydrogen (secondary N) is 1. The maximum atomic E-state index is 12.9. The predicted molar refractivity (Wildman–Crippen MR) is 114 cm³/mol. The van der Waals surface area contributed by atoms with E-state index in [4.69, 9.17) is 4.74 Å². The molecule has 1 aliphatic heterocycles. The van der Waals surface area contributed by atoms with Gasteiger partial charge in [-0.3, -0.25) is 14.5 Å². The van der Waals surface area contributed by atoms with Crippen LogP contribution in [0.5, 0.6) is 5.75 Å². The number of rotatable bonds is 7. The molecule has 0 radical (unpaired) electrons. The molecule has 0 fully saturated rings. The maximum absolute atomic E-state index is 12.9. The van der Waals surface area contributed by atoms with Crippen LogP contribution in [0.4, 0.5) is 11.4 Å². The first-order valence-electron chi connectivity index (χ1n) is 9.70. The van der Waals surface area contributed by atoms with E-state index in [9.17, 15) is 18.0 Å². The Morgan fingerprint density at radius 1 is 1.17 bits per heavy atom. The van der Waals surface area contributed by atoms with Crippen LogP contribution in [0.3, 0.4) is 0 Å². The summed E-state index contributed by atoms with van der Waals surface area (Å²) in [6.07, 6.45) is 0. The van der Waals surface area contributed by atoms with E-state index in [1.807, 2.05) is 0 Å². The van der Waals surface area contributed by atoms with E-state index in [1.54, 1.807) is 57.2 Å². The van der Waals surface area contributed by atoms with Crippen LogP contribution in [0.1, 0.15) is 19.4 Å². The molecule has 1 heterocycles. The molecule has 0 atom stereocenters. The molecule has 1 N–H and O–H groups in total. The van der Waals surface area contributed by atoms with Crippen molar-refractivity contribution >= 4 is 33.2 Å². The number of amides is 2. The smallest absolute Gasteiger partial charge is 0.265 e. The molecule has 0 spiro atoms. The molecule has 8 nitrogen and oxygen atoms in total. The van der Waals surface area contributed by atoms with Crippen molar-refractivity contribution in [1.82, 2.24) is 4.31 Å². The molecule has 0 bridgehead atoms. The van der Waals surface area contributed by atoms with Gasteiger partial charge in [0.1, 0.15) is 12.3 Å². The van der Waals surface area contributed by atoms with Crippen molar-refractivity contribution in [3.8, 4) is 5.75 Å². The van der Waals surface area contributed by atoms with Gasteiger partial charge >= 0.3 is 0 Å². The van der Waals surface area contributed by atoms with Crippen LogP contribution in [-0.4, -0.2) is 50.8 Å². The molecule has 0 aliphatic carbocycles. The van der Waals surface area contributed by atoms with Gasteiger partial charge < -0.3 is 10.1 Å². The number of sulfonamides is 1. The summed E-state index contributed by atoms with van der Waals surface area (Å²) in [5, 5.41) is 2.70. The predicted octanol–water partition coefficient (Wildman–Crippen LogP) is 2.39. The average molecular weight is 432 g/mol. The summed E-state index contributed by atoms with van der Waals surface area (Å²) in [5.74, 6) is -0.222. The van der Waals surface area contributed by atoms with Crippen molar-refractivity contribution in [1.29, 1.82) is 0 Å². The Labute approximate surface area is 176 Å². The minimum atomic E-state index is -3.67. The van der Waals surface area contributed by atoms with E-state index >= 15 is 0 Å². The van der Waals surface area contributed by atoms with Crippen molar-refractivity contribution in [3.63, 3.8) is 0 Å². The van der Waals surface area contributed by atoms with Crippen molar-refractivity contribution in [2.75, 3.05) is 36.5 Å². The highest BCUT2D eigenvalue weighted by Crippen LogP contribution is 2.31. The minimum Gasteiger partial charge on any atom is -0.482 e. The number of carbonyl (C=O) groups excluding carboxylic acids is 2. The molecular weight excluding hydrogens is 406 g/mol. The van der Waals surface area contributed by atoms with E-state index in [-0.39, 0.29) is 24.0 Å². The summed E-state index contributed by atoms with van der Waals surface area (Å²) in [6, 6.07) is 11.7. The quantitative estimate of drug-likeness (QED) is 0.726. The summed E-state index contributed by atoms with van der Waals surface area (Å²) in [4.78, 5) is 26.4. The standard InChI is InChI=1S/C21H25N3O5S/c1-4-23(5-2)30(27,28)19-12-16(11-10-15(19)3)22-20(25)13-24-17-8-6-7-9-18(17)29-14-21(24)26/h6-12H,4-5,13-14H2,1-3H3,(H,22,25). The minimum absolute atomic E-state index is 0.138. The molecule has 0 aromatic heterocycles. The lowest BCUT2D eigenvalue weighted by Gasteiger charge is -2.28. The lowest BCUT2D eigenvalue weighted by Crippen LogP contribution is -2.43. The van der Waals surface area contributed by atoms with Gasteiger partial charge in [-0.2, -0.15) is 4.31 Å². The fraction of sp³-hybridized carbons (Fsp3) is 0.333. The van der Waals surface area contributed by atoms with Gasteiger partial charge in [0.15, 0.2) is 6.61 Å². The van der Waals surface area contributed by atoms with E-state index in [2.05, 4.69) is 5.32 Å². The fourth-order valence-electron chi connectivity index (χ4n) is 3.33. The molecule has 2 aromatic rings. The number of para-hydroxylation sites is 2. The Morgan fingerprint density at radius 3 is 2.57 bits per heavy atom. The van der Waals surface area contributed by atoms with Gasteiger partial charge in [-0.1, -0.05) is 32.0 Å². The SMILES string of the molecule is CCN(CC)S(=O)(=O)c1cc(NC(=O)CN2C(=O)COc3ccccc32)ccc1C. The highest BCUT2D eigenvalue weighted by Gasteiger charge is 2.28. The number of hydrogen-bond acceptors (Lipinski definition) is 5. The Morgan fingerprint density at radius 2 is 1.87 bits per heavy atom. The van der Waals surface area contributed by atoms with Gasteiger partial charge in [0.05, 0.1) is 10.6 Å². The van der Waals surface area contributed by atoms with Gasteiger partial charge in [0.25, 0.3) is 5.91 Å². The van der Waals surface area contributed by atoms with Gasteiger partial charge in [-0.25, -0.2) is 8.42 Å². The number of aryl methyl sites for hydroxylation is 1. The van der Waals surface area contributed by atoms with Gasteiger partial charge in [0.2, 0.25) is 15.9 Å².